The number of carbonyl (C=O) groups is 1. The average Bonchev–Trinajstić information content (AvgIpc) is 2.76. The van der Waals surface area contributed by atoms with E-state index < -0.39 is 5.54 Å². The van der Waals surface area contributed by atoms with Crippen molar-refractivity contribution in [1.82, 2.24) is 4.90 Å². The Bertz CT molecular complexity index is 758. The van der Waals surface area contributed by atoms with E-state index in [1.54, 1.807) is 7.11 Å². The quantitative estimate of drug-likeness (QED) is 0.862. The van der Waals surface area contributed by atoms with Crippen LogP contribution in [0, 0.1) is 0 Å². The van der Waals surface area contributed by atoms with Gasteiger partial charge in [0, 0.05) is 7.05 Å². The molecule has 0 spiro atoms. The first-order chi connectivity index (χ1) is 11.0. The van der Waals surface area contributed by atoms with Gasteiger partial charge in [-0.05, 0) is 49.2 Å². The number of hydrogen-bond acceptors (Lipinski definition) is 3. The number of methoxy groups -OCH3 is 1. The molecule has 0 aromatic heterocycles. The van der Waals surface area contributed by atoms with E-state index >= 15 is 0 Å². The third-order valence-electron chi connectivity index (χ3n) is 4.62. The number of ketones is 1. The zero-order valence-corrected chi connectivity index (χ0v) is 14.0. The van der Waals surface area contributed by atoms with Crippen molar-refractivity contribution in [3.8, 4) is 5.75 Å². The van der Waals surface area contributed by atoms with Gasteiger partial charge in [0.05, 0.1) is 23.9 Å². The minimum absolute atomic E-state index is 0.150. The van der Waals surface area contributed by atoms with Gasteiger partial charge in [-0.2, -0.15) is 0 Å². The molecular weight excluding hydrogens is 286 g/mol. The maximum Gasteiger partial charge on any atom is 0.190 e. The number of Topliss-reactive ketones (excluding diaryl/α,β-unsaturated/α-hetero) is 1. The highest BCUT2D eigenvalue weighted by molar-refractivity contribution is 6.34. The fourth-order valence-electron chi connectivity index (χ4n) is 2.97. The molecule has 1 heterocycles. The van der Waals surface area contributed by atoms with Gasteiger partial charge in [-0.25, -0.2) is 0 Å². The Morgan fingerprint density at radius 2 is 1.52 bits per heavy atom. The van der Waals surface area contributed by atoms with Crippen LogP contribution in [0.2, 0.25) is 0 Å². The van der Waals surface area contributed by atoms with Gasteiger partial charge in [0.25, 0.3) is 0 Å². The lowest BCUT2D eigenvalue weighted by molar-refractivity contribution is -0.119. The Kier molecular flexibility index (Phi) is 3.72. The predicted molar refractivity (Wildman–Crippen MR) is 93.1 cm³/mol. The molecule has 0 aliphatic carbocycles. The van der Waals surface area contributed by atoms with Gasteiger partial charge >= 0.3 is 0 Å². The largest absolute Gasteiger partial charge is 0.497 e. The lowest BCUT2D eigenvalue weighted by Gasteiger charge is -2.30. The highest BCUT2D eigenvalue weighted by Gasteiger charge is 2.44. The second-order valence-electron chi connectivity index (χ2n) is 6.27. The Balaban J connectivity index is 2.21. The molecule has 3 heteroatoms. The second-order valence-corrected chi connectivity index (χ2v) is 6.27. The average molecular weight is 307 g/mol. The van der Waals surface area contributed by atoms with Gasteiger partial charge < -0.3 is 9.64 Å². The van der Waals surface area contributed by atoms with Crippen molar-refractivity contribution in [2.24, 2.45) is 0 Å². The maximum atomic E-state index is 13.0. The molecule has 0 atom stereocenters. The molecule has 0 amide bonds. The minimum Gasteiger partial charge on any atom is -0.497 e. The number of rotatable bonds is 3. The fourth-order valence-corrected chi connectivity index (χ4v) is 2.97. The third-order valence-corrected chi connectivity index (χ3v) is 4.62. The van der Waals surface area contributed by atoms with Gasteiger partial charge in [0.15, 0.2) is 5.78 Å². The van der Waals surface area contributed by atoms with Crippen LogP contribution in [-0.4, -0.2) is 30.4 Å². The highest BCUT2D eigenvalue weighted by atomic mass is 16.5. The lowest BCUT2D eigenvalue weighted by Crippen LogP contribution is -2.41. The van der Waals surface area contributed by atoms with Gasteiger partial charge in [0.2, 0.25) is 0 Å². The summed E-state index contributed by atoms with van der Waals surface area (Å²) in [5.41, 5.74) is 3.17. The van der Waals surface area contributed by atoms with E-state index in [-0.39, 0.29) is 5.78 Å². The van der Waals surface area contributed by atoms with Gasteiger partial charge in [-0.1, -0.05) is 30.3 Å². The molecule has 2 aromatic rings. The molecule has 1 aliphatic heterocycles. The summed E-state index contributed by atoms with van der Waals surface area (Å²) < 4.78 is 5.24. The topological polar surface area (TPSA) is 29.5 Å². The number of hydrogen-bond donors (Lipinski definition) is 0. The molecule has 118 valence electrons. The number of likely N-dealkylation sites (N-methyl/N-ethyl adjacent to an activating group) is 1. The summed E-state index contributed by atoms with van der Waals surface area (Å²) >= 11 is 0. The number of benzene rings is 2. The molecule has 0 bridgehead atoms. The van der Waals surface area contributed by atoms with Crippen LogP contribution in [0.3, 0.4) is 0 Å². The molecule has 1 aliphatic rings. The van der Waals surface area contributed by atoms with Crippen molar-refractivity contribution in [1.29, 1.82) is 0 Å². The normalized spacial score (nSPS) is 16.9. The summed E-state index contributed by atoms with van der Waals surface area (Å²) in [6, 6.07) is 17.7. The molecular formula is C20H21NO2. The molecule has 0 saturated carbocycles. The predicted octanol–water partition coefficient (Wildman–Crippen LogP) is 3.86. The van der Waals surface area contributed by atoms with Crippen molar-refractivity contribution in [2.45, 2.75) is 19.4 Å². The van der Waals surface area contributed by atoms with Crippen molar-refractivity contribution in [3.05, 3.63) is 65.7 Å². The van der Waals surface area contributed by atoms with E-state index in [4.69, 9.17) is 4.74 Å². The lowest BCUT2D eigenvalue weighted by atomic mass is 9.92. The smallest absolute Gasteiger partial charge is 0.190 e. The standard InChI is InChI=1S/C20H21NO2/c1-20(2)19(22)17(14-8-6-5-7-9-14)18(21(20)3)15-10-12-16(23-4)13-11-15/h5-13H,1-4H3. The van der Waals surface area contributed by atoms with Crippen LogP contribution in [0.25, 0.3) is 11.3 Å². The molecule has 0 N–H and O–H groups in total. The zero-order chi connectivity index (χ0) is 16.6. The molecule has 0 saturated heterocycles. The molecule has 3 rings (SSSR count). The maximum absolute atomic E-state index is 13.0. The Hall–Kier alpha value is -2.55. The summed E-state index contributed by atoms with van der Waals surface area (Å²) in [7, 11) is 3.63. The van der Waals surface area contributed by atoms with E-state index in [9.17, 15) is 4.79 Å². The van der Waals surface area contributed by atoms with Crippen molar-refractivity contribution in [3.63, 3.8) is 0 Å². The summed E-state index contributed by atoms with van der Waals surface area (Å²) in [6.45, 7) is 3.93. The van der Waals surface area contributed by atoms with Crippen molar-refractivity contribution < 1.29 is 9.53 Å². The summed E-state index contributed by atoms with van der Waals surface area (Å²) in [5, 5.41) is 0. The van der Waals surface area contributed by atoms with Crippen LogP contribution in [0.4, 0.5) is 0 Å². The van der Waals surface area contributed by atoms with E-state index in [0.29, 0.717) is 0 Å². The zero-order valence-electron chi connectivity index (χ0n) is 14.0. The van der Waals surface area contributed by atoms with Gasteiger partial charge in [-0.15, -0.1) is 0 Å². The third kappa shape index (κ3) is 2.42. The number of nitrogens with zero attached hydrogens (tertiary/aromatic N) is 1. The molecule has 0 unspecified atom stereocenters. The molecule has 0 fully saturated rings. The first-order valence-corrected chi connectivity index (χ1v) is 7.69. The van der Waals surface area contributed by atoms with Crippen LogP contribution in [-0.2, 0) is 4.79 Å². The summed E-state index contributed by atoms with van der Waals surface area (Å²) in [5.74, 6) is 0.957. The molecule has 2 aromatic carbocycles. The molecule has 23 heavy (non-hydrogen) atoms. The van der Waals surface area contributed by atoms with Crippen LogP contribution in [0.15, 0.2) is 54.6 Å². The summed E-state index contributed by atoms with van der Waals surface area (Å²) in [6.07, 6.45) is 0. The minimum atomic E-state index is -0.555. The first-order valence-electron chi connectivity index (χ1n) is 7.69. The monoisotopic (exact) mass is 307 g/mol. The second kappa shape index (κ2) is 5.58. The Morgan fingerprint density at radius 3 is 2.09 bits per heavy atom. The Morgan fingerprint density at radius 1 is 0.913 bits per heavy atom. The van der Waals surface area contributed by atoms with E-state index in [2.05, 4.69) is 4.90 Å². The number of ether oxygens (including phenoxy) is 1. The SMILES string of the molecule is COc1ccc(C2=C(c3ccccc3)C(=O)C(C)(C)N2C)cc1. The van der Waals surface area contributed by atoms with Gasteiger partial charge in [-0.3, -0.25) is 4.79 Å². The van der Waals surface area contributed by atoms with E-state index in [1.165, 1.54) is 0 Å². The van der Waals surface area contributed by atoms with Crippen molar-refractivity contribution in [2.75, 3.05) is 14.2 Å². The number of carbonyl (C=O) groups excluding carboxylic acids is 1. The summed E-state index contributed by atoms with van der Waals surface area (Å²) in [4.78, 5) is 15.1. The first kappa shape index (κ1) is 15.3. The molecule has 3 nitrogen and oxygen atoms in total. The van der Waals surface area contributed by atoms with Crippen LogP contribution >= 0.6 is 0 Å². The van der Waals surface area contributed by atoms with Crippen LogP contribution in [0.5, 0.6) is 5.75 Å². The fraction of sp³-hybridized carbons (Fsp3) is 0.250. The van der Waals surface area contributed by atoms with Crippen LogP contribution in [0.1, 0.15) is 25.0 Å². The van der Waals surface area contributed by atoms with Crippen molar-refractivity contribution >= 4 is 17.1 Å². The highest BCUT2D eigenvalue weighted by Crippen LogP contribution is 2.42. The Labute approximate surface area is 137 Å². The van der Waals surface area contributed by atoms with E-state index in [1.807, 2.05) is 75.5 Å². The van der Waals surface area contributed by atoms with Gasteiger partial charge in [0.1, 0.15) is 5.75 Å². The van der Waals surface area contributed by atoms with Crippen LogP contribution < -0.4 is 4.74 Å². The molecule has 0 radical (unpaired) electrons. The van der Waals surface area contributed by atoms with E-state index in [0.717, 1.165) is 28.1 Å².